The fourth-order valence-corrected chi connectivity index (χ4v) is 4.64. The van der Waals surface area contributed by atoms with E-state index in [-0.39, 0.29) is 0 Å². The molecule has 1 unspecified atom stereocenters. The Labute approximate surface area is 187 Å². The third kappa shape index (κ3) is 6.54. The number of quaternary nitrogens is 2. The van der Waals surface area contributed by atoms with Crippen LogP contribution in [-0.4, -0.2) is 44.0 Å². The molecule has 31 heavy (non-hydrogen) atoms. The molecule has 0 bridgehead atoms. The van der Waals surface area contributed by atoms with Crippen LogP contribution < -0.4 is 9.80 Å². The van der Waals surface area contributed by atoms with Crippen molar-refractivity contribution in [3.63, 3.8) is 0 Å². The first kappa shape index (κ1) is 21.8. The van der Waals surface area contributed by atoms with E-state index >= 15 is 0 Å². The van der Waals surface area contributed by atoms with Crippen LogP contribution in [0.15, 0.2) is 66.9 Å². The van der Waals surface area contributed by atoms with Gasteiger partial charge in [-0.3, -0.25) is 0 Å². The number of hydrogen-bond acceptors (Lipinski definition) is 1. The third-order valence-corrected chi connectivity index (χ3v) is 6.36. The number of nitrogens with zero attached hydrogens (tertiary/aromatic N) is 1. The van der Waals surface area contributed by atoms with Crippen LogP contribution in [0.5, 0.6) is 0 Å². The summed E-state index contributed by atoms with van der Waals surface area (Å²) in [7, 11) is 0. The van der Waals surface area contributed by atoms with Gasteiger partial charge in [0.15, 0.2) is 0 Å². The second-order valence-electron chi connectivity index (χ2n) is 9.07. The summed E-state index contributed by atoms with van der Waals surface area (Å²) < 4.78 is 7.97. The lowest BCUT2D eigenvalue weighted by molar-refractivity contribution is -0.975. The SMILES string of the molecule is Cc1cccc(Cn2cccc2C[NH+](CC[NH+]2CCOCC2)Cc2cccc(C)c2)c1. The average molecular weight is 420 g/mol. The van der Waals surface area contributed by atoms with Crippen molar-refractivity contribution in [1.82, 2.24) is 4.57 Å². The molecule has 2 N–H and O–H groups in total. The standard InChI is InChI=1S/C27H35N3O/c1-23-6-3-8-25(18-23)20-29(13-12-28-14-16-31-17-15-28)22-27-10-5-11-30(27)21-26-9-4-7-24(2)19-26/h3-11,18-19H,12-17,20-22H2,1-2H3/p+2. The predicted molar refractivity (Wildman–Crippen MR) is 126 cm³/mol. The van der Waals surface area contributed by atoms with E-state index in [0.717, 1.165) is 45.9 Å². The number of morpholine rings is 1. The number of nitrogens with one attached hydrogen (secondary N) is 2. The van der Waals surface area contributed by atoms with E-state index < -0.39 is 0 Å². The summed E-state index contributed by atoms with van der Waals surface area (Å²) >= 11 is 0. The van der Waals surface area contributed by atoms with Gasteiger partial charge in [0.25, 0.3) is 0 Å². The molecule has 4 nitrogen and oxygen atoms in total. The Morgan fingerprint density at radius 1 is 0.871 bits per heavy atom. The molecular formula is C27H37N3O+2. The maximum atomic E-state index is 5.55. The zero-order chi connectivity index (χ0) is 21.5. The van der Waals surface area contributed by atoms with Crippen molar-refractivity contribution in [2.24, 2.45) is 0 Å². The summed E-state index contributed by atoms with van der Waals surface area (Å²) in [5.41, 5.74) is 6.89. The number of benzene rings is 2. The lowest BCUT2D eigenvalue weighted by Gasteiger charge is -2.26. The lowest BCUT2D eigenvalue weighted by Crippen LogP contribution is -3.20. The molecule has 1 atom stereocenters. The summed E-state index contributed by atoms with van der Waals surface area (Å²) in [6.07, 6.45) is 2.23. The zero-order valence-electron chi connectivity index (χ0n) is 19.1. The highest BCUT2D eigenvalue weighted by Crippen LogP contribution is 2.10. The van der Waals surface area contributed by atoms with Gasteiger partial charge in [0.2, 0.25) is 0 Å². The van der Waals surface area contributed by atoms with Crippen molar-refractivity contribution in [2.45, 2.75) is 33.5 Å². The van der Waals surface area contributed by atoms with Crippen molar-refractivity contribution in [3.8, 4) is 0 Å². The quantitative estimate of drug-likeness (QED) is 0.541. The van der Waals surface area contributed by atoms with Crippen LogP contribution in [0.1, 0.15) is 27.9 Å². The van der Waals surface area contributed by atoms with Crippen LogP contribution in [0.25, 0.3) is 0 Å². The minimum atomic E-state index is 0.905. The first-order valence-corrected chi connectivity index (χ1v) is 11.7. The molecular weight excluding hydrogens is 382 g/mol. The van der Waals surface area contributed by atoms with E-state index in [1.807, 2.05) is 0 Å². The third-order valence-electron chi connectivity index (χ3n) is 6.36. The number of aryl methyl sites for hydroxylation is 2. The summed E-state index contributed by atoms with van der Waals surface area (Å²) in [6, 6.07) is 22.4. The molecule has 4 heteroatoms. The van der Waals surface area contributed by atoms with Gasteiger partial charge in [-0.25, -0.2) is 0 Å². The molecule has 0 aliphatic carbocycles. The predicted octanol–water partition coefficient (Wildman–Crippen LogP) is 1.65. The average Bonchev–Trinajstić information content (AvgIpc) is 3.19. The van der Waals surface area contributed by atoms with E-state index in [0.29, 0.717) is 0 Å². The number of hydrogen-bond donors (Lipinski definition) is 2. The van der Waals surface area contributed by atoms with Gasteiger partial charge in [-0.05, 0) is 31.5 Å². The van der Waals surface area contributed by atoms with Gasteiger partial charge < -0.3 is 19.1 Å². The molecule has 0 spiro atoms. The van der Waals surface area contributed by atoms with Gasteiger partial charge in [0.1, 0.15) is 39.3 Å². The fourth-order valence-electron chi connectivity index (χ4n) is 4.64. The lowest BCUT2D eigenvalue weighted by atomic mass is 10.1. The largest absolute Gasteiger partial charge is 0.370 e. The number of aromatic nitrogens is 1. The zero-order valence-corrected chi connectivity index (χ0v) is 19.1. The van der Waals surface area contributed by atoms with Crippen LogP contribution in [0.2, 0.25) is 0 Å². The van der Waals surface area contributed by atoms with Crippen molar-refractivity contribution in [1.29, 1.82) is 0 Å². The summed E-state index contributed by atoms with van der Waals surface area (Å²) in [5.74, 6) is 0. The molecule has 0 amide bonds. The Bertz CT molecular complexity index is 958. The van der Waals surface area contributed by atoms with E-state index in [9.17, 15) is 0 Å². The molecule has 1 aliphatic heterocycles. The maximum absolute atomic E-state index is 5.55. The topological polar surface area (TPSA) is 23.0 Å². The summed E-state index contributed by atoms with van der Waals surface area (Å²) in [4.78, 5) is 3.32. The Balaban J connectivity index is 1.46. The van der Waals surface area contributed by atoms with Crippen molar-refractivity contribution < 1.29 is 14.5 Å². The molecule has 1 aliphatic rings. The van der Waals surface area contributed by atoms with E-state index in [1.165, 1.54) is 41.0 Å². The van der Waals surface area contributed by atoms with E-state index in [4.69, 9.17) is 4.74 Å². The maximum Gasteiger partial charge on any atom is 0.127 e. The molecule has 4 rings (SSSR count). The van der Waals surface area contributed by atoms with Gasteiger partial charge in [-0.1, -0.05) is 59.7 Å². The highest BCUT2D eigenvalue weighted by atomic mass is 16.5. The minimum absolute atomic E-state index is 0.905. The molecule has 0 radical (unpaired) electrons. The molecule has 164 valence electrons. The summed E-state index contributed by atoms with van der Waals surface area (Å²) in [5, 5.41) is 0. The van der Waals surface area contributed by atoms with Gasteiger partial charge in [-0.2, -0.15) is 0 Å². The van der Waals surface area contributed by atoms with Crippen LogP contribution in [-0.2, 0) is 24.4 Å². The van der Waals surface area contributed by atoms with Gasteiger partial charge in [0, 0.05) is 18.3 Å². The van der Waals surface area contributed by atoms with Gasteiger partial charge in [-0.15, -0.1) is 0 Å². The van der Waals surface area contributed by atoms with Crippen LogP contribution in [0.4, 0.5) is 0 Å². The minimum Gasteiger partial charge on any atom is -0.370 e. The Kier molecular flexibility index (Phi) is 7.57. The molecule has 1 fully saturated rings. The van der Waals surface area contributed by atoms with Crippen LogP contribution in [0, 0.1) is 13.8 Å². The molecule has 1 saturated heterocycles. The van der Waals surface area contributed by atoms with Crippen molar-refractivity contribution >= 4 is 0 Å². The van der Waals surface area contributed by atoms with Crippen LogP contribution in [0.3, 0.4) is 0 Å². The highest BCUT2D eigenvalue weighted by molar-refractivity contribution is 5.23. The Morgan fingerprint density at radius 2 is 1.58 bits per heavy atom. The number of rotatable bonds is 9. The Morgan fingerprint density at radius 3 is 2.32 bits per heavy atom. The van der Waals surface area contributed by atoms with Crippen molar-refractivity contribution in [3.05, 3.63) is 94.8 Å². The molecule has 0 saturated carbocycles. The highest BCUT2D eigenvalue weighted by Gasteiger charge is 2.19. The molecule has 1 aromatic heterocycles. The monoisotopic (exact) mass is 419 g/mol. The van der Waals surface area contributed by atoms with Gasteiger partial charge in [0.05, 0.1) is 18.9 Å². The van der Waals surface area contributed by atoms with Crippen molar-refractivity contribution in [2.75, 3.05) is 39.4 Å². The second kappa shape index (κ2) is 10.8. The van der Waals surface area contributed by atoms with Gasteiger partial charge >= 0.3 is 0 Å². The van der Waals surface area contributed by atoms with Crippen LogP contribution >= 0.6 is 0 Å². The number of ether oxygens (including phenoxy) is 1. The first-order chi connectivity index (χ1) is 15.2. The Hall–Kier alpha value is -2.40. The smallest absolute Gasteiger partial charge is 0.127 e. The molecule has 2 aromatic carbocycles. The molecule has 3 aromatic rings. The van der Waals surface area contributed by atoms with E-state index in [1.54, 1.807) is 9.80 Å². The van der Waals surface area contributed by atoms with E-state index in [2.05, 4.69) is 85.3 Å². The first-order valence-electron chi connectivity index (χ1n) is 11.7. The molecule has 2 heterocycles. The summed E-state index contributed by atoms with van der Waals surface area (Å²) in [6.45, 7) is 13.9. The second-order valence-corrected chi connectivity index (χ2v) is 9.07. The fraction of sp³-hybridized carbons (Fsp3) is 0.407. The normalized spacial score (nSPS) is 15.8.